The van der Waals surface area contributed by atoms with Gasteiger partial charge in [0.15, 0.2) is 0 Å². The smallest absolute Gasteiger partial charge is 0.371 e. The molecule has 5 heteroatoms. The highest BCUT2D eigenvalue weighted by molar-refractivity contribution is 5.56. The fourth-order valence-corrected chi connectivity index (χ4v) is 5.03. The summed E-state index contributed by atoms with van der Waals surface area (Å²) in [6.07, 6.45) is 13.9. The Morgan fingerprint density at radius 2 is 1.84 bits per heavy atom. The SMILES string of the molecule is FC(F)(F)c1ccc(C2(c3cccc(C=C4CCC(N5C=CC=CC5)CC4)c3)CC2)nc1. The number of benzene rings is 1. The van der Waals surface area contributed by atoms with E-state index in [2.05, 4.69) is 64.7 Å². The first-order valence-electron chi connectivity index (χ1n) is 11.4. The lowest BCUT2D eigenvalue weighted by molar-refractivity contribution is -0.137. The van der Waals surface area contributed by atoms with Crippen molar-refractivity contribution in [2.45, 2.75) is 56.2 Å². The Balaban J connectivity index is 1.30. The molecule has 2 saturated carbocycles. The Bertz CT molecular complexity index is 1050. The van der Waals surface area contributed by atoms with Crippen LogP contribution in [0.4, 0.5) is 13.2 Å². The number of nitrogens with zero attached hydrogens (tertiary/aromatic N) is 2. The van der Waals surface area contributed by atoms with Crippen LogP contribution in [0.2, 0.25) is 0 Å². The van der Waals surface area contributed by atoms with E-state index in [0.717, 1.165) is 55.7 Å². The summed E-state index contributed by atoms with van der Waals surface area (Å²) in [7, 11) is 0. The van der Waals surface area contributed by atoms with E-state index in [1.54, 1.807) is 6.07 Å². The summed E-state index contributed by atoms with van der Waals surface area (Å²) in [5, 5.41) is 0. The first-order chi connectivity index (χ1) is 15.4. The largest absolute Gasteiger partial charge is 0.417 e. The molecular weight excluding hydrogens is 409 g/mol. The van der Waals surface area contributed by atoms with Crippen molar-refractivity contribution < 1.29 is 13.2 Å². The number of pyridine rings is 1. The zero-order valence-electron chi connectivity index (χ0n) is 18.0. The van der Waals surface area contributed by atoms with Crippen molar-refractivity contribution in [3.05, 3.63) is 95.0 Å². The van der Waals surface area contributed by atoms with Gasteiger partial charge in [-0.25, -0.2) is 0 Å². The maximum absolute atomic E-state index is 12.9. The molecule has 2 fully saturated rings. The molecule has 2 heterocycles. The van der Waals surface area contributed by atoms with Crippen molar-refractivity contribution in [2.24, 2.45) is 0 Å². The predicted octanol–water partition coefficient (Wildman–Crippen LogP) is 6.89. The number of allylic oxidation sites excluding steroid dienone is 3. The number of rotatable bonds is 4. The third kappa shape index (κ3) is 4.25. The van der Waals surface area contributed by atoms with E-state index >= 15 is 0 Å². The third-order valence-corrected chi connectivity index (χ3v) is 7.05. The number of alkyl halides is 3. The molecule has 0 bridgehead atoms. The molecule has 166 valence electrons. The van der Waals surface area contributed by atoms with Crippen LogP contribution in [-0.2, 0) is 11.6 Å². The second-order valence-electron chi connectivity index (χ2n) is 9.14. The molecule has 0 N–H and O–H groups in total. The van der Waals surface area contributed by atoms with Gasteiger partial charge in [-0.1, -0.05) is 48.1 Å². The van der Waals surface area contributed by atoms with Crippen LogP contribution >= 0.6 is 0 Å². The van der Waals surface area contributed by atoms with E-state index in [1.165, 1.54) is 24.0 Å². The summed E-state index contributed by atoms with van der Waals surface area (Å²) >= 11 is 0. The summed E-state index contributed by atoms with van der Waals surface area (Å²) < 4.78 is 38.7. The van der Waals surface area contributed by atoms with Crippen molar-refractivity contribution in [1.82, 2.24) is 9.88 Å². The normalized spacial score (nSPS) is 22.2. The first kappa shape index (κ1) is 21.0. The Morgan fingerprint density at radius 1 is 1.03 bits per heavy atom. The van der Waals surface area contributed by atoms with Crippen molar-refractivity contribution in [3.8, 4) is 0 Å². The highest BCUT2D eigenvalue weighted by Crippen LogP contribution is 2.53. The van der Waals surface area contributed by atoms with Gasteiger partial charge < -0.3 is 4.90 Å². The summed E-state index contributed by atoms with van der Waals surface area (Å²) in [4.78, 5) is 6.64. The second-order valence-corrected chi connectivity index (χ2v) is 9.14. The van der Waals surface area contributed by atoms with Crippen LogP contribution in [0.5, 0.6) is 0 Å². The van der Waals surface area contributed by atoms with E-state index in [-0.39, 0.29) is 5.41 Å². The fraction of sp³-hybridized carbons (Fsp3) is 0.370. The molecule has 0 saturated heterocycles. The van der Waals surface area contributed by atoms with Gasteiger partial charge in [-0.2, -0.15) is 13.2 Å². The zero-order chi connectivity index (χ0) is 22.2. The maximum atomic E-state index is 12.9. The molecule has 2 aromatic rings. The average molecular weight is 437 g/mol. The van der Waals surface area contributed by atoms with Gasteiger partial charge in [-0.15, -0.1) is 0 Å². The Labute approximate surface area is 187 Å². The molecule has 2 nitrogen and oxygen atoms in total. The Kier molecular flexibility index (Phi) is 5.44. The van der Waals surface area contributed by atoms with Gasteiger partial charge in [-0.3, -0.25) is 4.98 Å². The molecule has 3 aliphatic rings. The molecule has 2 aliphatic carbocycles. The molecule has 0 spiro atoms. The Morgan fingerprint density at radius 3 is 2.47 bits per heavy atom. The van der Waals surface area contributed by atoms with Gasteiger partial charge in [0.25, 0.3) is 0 Å². The molecule has 1 aliphatic heterocycles. The van der Waals surface area contributed by atoms with Gasteiger partial charge in [0.2, 0.25) is 0 Å². The second kappa shape index (κ2) is 8.27. The number of aromatic nitrogens is 1. The minimum absolute atomic E-state index is 0.246. The fourth-order valence-electron chi connectivity index (χ4n) is 5.03. The van der Waals surface area contributed by atoms with E-state index in [9.17, 15) is 13.2 Å². The topological polar surface area (TPSA) is 16.1 Å². The molecule has 0 amide bonds. The van der Waals surface area contributed by atoms with Crippen molar-refractivity contribution in [1.29, 1.82) is 0 Å². The van der Waals surface area contributed by atoms with Gasteiger partial charge in [0.1, 0.15) is 0 Å². The summed E-state index contributed by atoms with van der Waals surface area (Å²) in [6, 6.07) is 11.8. The van der Waals surface area contributed by atoms with Crippen LogP contribution in [0.25, 0.3) is 6.08 Å². The molecule has 32 heavy (non-hydrogen) atoms. The van der Waals surface area contributed by atoms with Crippen LogP contribution in [0.1, 0.15) is 60.9 Å². The lowest BCUT2D eigenvalue weighted by atomic mass is 9.87. The van der Waals surface area contributed by atoms with Gasteiger partial charge in [0, 0.05) is 24.2 Å². The average Bonchev–Trinajstić information content (AvgIpc) is 3.62. The molecule has 1 aromatic carbocycles. The lowest BCUT2D eigenvalue weighted by Crippen LogP contribution is -2.33. The highest BCUT2D eigenvalue weighted by atomic mass is 19.4. The number of halogens is 3. The quantitative estimate of drug-likeness (QED) is 0.519. The standard InChI is InChI=1S/C27H27F3N2/c28-27(29,30)23-9-12-25(31-19-23)26(13-14-26)22-6-4-5-21(18-22)17-20-7-10-24(11-8-20)32-15-2-1-3-16-32/h1-6,9,12,15,17-19,24H,7-8,10-11,13-14,16H2. The maximum Gasteiger partial charge on any atom is 0.417 e. The van der Waals surface area contributed by atoms with Gasteiger partial charge in [0.05, 0.1) is 11.3 Å². The minimum atomic E-state index is -4.35. The molecular formula is C27H27F3N2. The summed E-state index contributed by atoms with van der Waals surface area (Å²) in [5.41, 5.74) is 3.60. The van der Waals surface area contributed by atoms with E-state index < -0.39 is 11.7 Å². The number of hydrogen-bond acceptors (Lipinski definition) is 2. The van der Waals surface area contributed by atoms with Crippen LogP contribution < -0.4 is 0 Å². The van der Waals surface area contributed by atoms with E-state index in [1.807, 2.05) is 0 Å². The Hall–Kier alpha value is -2.82. The predicted molar refractivity (Wildman–Crippen MR) is 121 cm³/mol. The van der Waals surface area contributed by atoms with Crippen LogP contribution in [0, 0.1) is 0 Å². The van der Waals surface area contributed by atoms with Gasteiger partial charge >= 0.3 is 6.18 Å². The summed E-state index contributed by atoms with van der Waals surface area (Å²) in [5.74, 6) is 0. The van der Waals surface area contributed by atoms with Crippen LogP contribution in [0.15, 0.2) is 72.6 Å². The zero-order valence-corrected chi connectivity index (χ0v) is 18.0. The van der Waals surface area contributed by atoms with E-state index in [4.69, 9.17) is 0 Å². The van der Waals surface area contributed by atoms with Crippen molar-refractivity contribution in [3.63, 3.8) is 0 Å². The first-order valence-corrected chi connectivity index (χ1v) is 11.4. The van der Waals surface area contributed by atoms with E-state index in [0.29, 0.717) is 6.04 Å². The van der Waals surface area contributed by atoms with Crippen molar-refractivity contribution >= 4 is 6.08 Å². The minimum Gasteiger partial charge on any atom is -0.371 e. The molecule has 0 atom stereocenters. The van der Waals surface area contributed by atoms with Gasteiger partial charge in [-0.05, 0) is 74.1 Å². The molecule has 0 radical (unpaired) electrons. The lowest BCUT2D eigenvalue weighted by Gasteiger charge is -2.34. The molecule has 1 aromatic heterocycles. The van der Waals surface area contributed by atoms with Crippen LogP contribution in [-0.4, -0.2) is 22.5 Å². The van der Waals surface area contributed by atoms with Crippen molar-refractivity contribution in [2.75, 3.05) is 6.54 Å². The molecule has 5 rings (SSSR count). The third-order valence-electron chi connectivity index (χ3n) is 7.05. The van der Waals surface area contributed by atoms with Crippen LogP contribution in [0.3, 0.4) is 0 Å². The molecule has 0 unspecified atom stereocenters. The number of hydrogen-bond donors (Lipinski definition) is 0. The highest BCUT2D eigenvalue weighted by Gasteiger charge is 2.47. The summed E-state index contributed by atoms with van der Waals surface area (Å²) in [6.45, 7) is 1.00. The monoisotopic (exact) mass is 436 g/mol.